The zero-order valence-electron chi connectivity index (χ0n) is 19.0. The number of ether oxygens (including phenoxy) is 1. The maximum atomic E-state index is 13.7. The number of anilines is 2. The Bertz CT molecular complexity index is 1160. The molecule has 0 unspecified atom stereocenters. The van der Waals surface area contributed by atoms with Crippen molar-refractivity contribution < 1.29 is 23.5 Å². The topological polar surface area (TPSA) is 101 Å². The van der Waals surface area contributed by atoms with E-state index in [1.54, 1.807) is 42.8 Å². The van der Waals surface area contributed by atoms with Crippen LogP contribution in [0.2, 0.25) is 0 Å². The SMILES string of the molecule is COc1ccc(C(=O)N(CC(=O)Nc2nc(CC(=O)Nc3ccccc3F)cs2)C(C)C)cc1. The van der Waals surface area contributed by atoms with Gasteiger partial charge in [0.1, 0.15) is 18.1 Å². The van der Waals surface area contributed by atoms with E-state index in [1.165, 1.54) is 23.1 Å². The minimum absolute atomic E-state index is 0.0746. The van der Waals surface area contributed by atoms with Gasteiger partial charge >= 0.3 is 0 Å². The molecule has 3 aromatic rings. The monoisotopic (exact) mass is 484 g/mol. The first-order valence-electron chi connectivity index (χ1n) is 10.5. The Morgan fingerprint density at radius 2 is 1.76 bits per heavy atom. The smallest absolute Gasteiger partial charge is 0.254 e. The molecule has 1 heterocycles. The number of rotatable bonds is 9. The summed E-state index contributed by atoms with van der Waals surface area (Å²) < 4.78 is 18.8. The minimum Gasteiger partial charge on any atom is -0.497 e. The van der Waals surface area contributed by atoms with Crippen LogP contribution in [0.5, 0.6) is 5.75 Å². The fraction of sp³-hybridized carbons (Fsp3) is 0.250. The molecule has 0 spiro atoms. The highest BCUT2D eigenvalue weighted by Gasteiger charge is 2.22. The van der Waals surface area contributed by atoms with E-state index in [-0.39, 0.29) is 30.6 Å². The molecule has 0 fully saturated rings. The summed E-state index contributed by atoms with van der Waals surface area (Å²) in [6.45, 7) is 3.49. The Hall–Kier alpha value is -3.79. The van der Waals surface area contributed by atoms with Crippen molar-refractivity contribution in [3.8, 4) is 5.75 Å². The molecule has 2 aromatic carbocycles. The van der Waals surface area contributed by atoms with Gasteiger partial charge in [0.25, 0.3) is 5.91 Å². The van der Waals surface area contributed by atoms with Crippen molar-refractivity contribution in [1.29, 1.82) is 0 Å². The number of hydrogen-bond acceptors (Lipinski definition) is 6. The molecule has 1 aromatic heterocycles. The summed E-state index contributed by atoms with van der Waals surface area (Å²) in [6.07, 6.45) is -0.0746. The summed E-state index contributed by atoms with van der Waals surface area (Å²) in [7, 11) is 1.54. The van der Waals surface area contributed by atoms with Crippen molar-refractivity contribution in [1.82, 2.24) is 9.88 Å². The van der Waals surface area contributed by atoms with Crippen LogP contribution in [0.4, 0.5) is 15.2 Å². The van der Waals surface area contributed by atoms with Gasteiger partial charge in [0, 0.05) is 17.0 Å². The first kappa shape index (κ1) is 24.8. The first-order valence-corrected chi connectivity index (χ1v) is 11.4. The van der Waals surface area contributed by atoms with E-state index in [9.17, 15) is 18.8 Å². The highest BCUT2D eigenvalue weighted by Crippen LogP contribution is 2.18. The molecule has 3 rings (SSSR count). The number of benzene rings is 2. The predicted octanol–water partition coefficient (Wildman–Crippen LogP) is 3.96. The van der Waals surface area contributed by atoms with Gasteiger partial charge < -0.3 is 20.3 Å². The molecule has 0 aliphatic rings. The standard InChI is InChI=1S/C24H25FN4O4S/c1-15(2)29(23(32)16-8-10-18(33-3)11-9-16)13-22(31)28-24-26-17(14-34-24)12-21(30)27-20-7-5-4-6-19(20)25/h4-11,14-15H,12-13H2,1-3H3,(H,27,30)(H,26,28,31). The molecule has 0 bridgehead atoms. The summed E-state index contributed by atoms with van der Waals surface area (Å²) in [5.74, 6) is -1.01. The van der Waals surface area contributed by atoms with Gasteiger partial charge in [-0.25, -0.2) is 9.37 Å². The first-order chi connectivity index (χ1) is 16.3. The van der Waals surface area contributed by atoms with E-state index in [0.717, 1.165) is 11.3 Å². The largest absolute Gasteiger partial charge is 0.497 e. The number of thiazole rings is 1. The summed E-state index contributed by atoms with van der Waals surface area (Å²) in [5.41, 5.74) is 0.968. The normalized spacial score (nSPS) is 10.6. The van der Waals surface area contributed by atoms with Crippen molar-refractivity contribution in [2.24, 2.45) is 0 Å². The quantitative estimate of drug-likeness (QED) is 0.479. The molecular formula is C24H25FN4O4S. The maximum absolute atomic E-state index is 13.7. The van der Waals surface area contributed by atoms with Gasteiger partial charge in [0.2, 0.25) is 11.8 Å². The number of para-hydroxylation sites is 1. The molecule has 0 saturated heterocycles. The Kier molecular flexibility index (Phi) is 8.31. The third kappa shape index (κ3) is 6.61. The third-order valence-electron chi connectivity index (χ3n) is 4.82. The second kappa shape index (κ2) is 11.4. The van der Waals surface area contributed by atoms with Crippen molar-refractivity contribution in [2.75, 3.05) is 24.3 Å². The number of nitrogens with one attached hydrogen (secondary N) is 2. The van der Waals surface area contributed by atoms with Crippen molar-refractivity contribution in [2.45, 2.75) is 26.3 Å². The molecular weight excluding hydrogens is 459 g/mol. The molecule has 0 radical (unpaired) electrons. The Balaban J connectivity index is 1.57. The highest BCUT2D eigenvalue weighted by molar-refractivity contribution is 7.13. The van der Waals surface area contributed by atoms with Crippen molar-refractivity contribution >= 4 is 39.9 Å². The molecule has 34 heavy (non-hydrogen) atoms. The highest BCUT2D eigenvalue weighted by atomic mass is 32.1. The fourth-order valence-electron chi connectivity index (χ4n) is 3.07. The zero-order chi connectivity index (χ0) is 24.7. The van der Waals surface area contributed by atoms with Crippen LogP contribution in [0.3, 0.4) is 0 Å². The zero-order valence-corrected chi connectivity index (χ0v) is 19.8. The number of methoxy groups -OCH3 is 1. The summed E-state index contributed by atoms with van der Waals surface area (Å²) in [6, 6.07) is 12.3. The molecule has 2 N–H and O–H groups in total. The predicted molar refractivity (Wildman–Crippen MR) is 129 cm³/mol. The van der Waals surface area contributed by atoms with E-state index in [4.69, 9.17) is 4.74 Å². The molecule has 8 nitrogen and oxygen atoms in total. The second-order valence-corrected chi connectivity index (χ2v) is 8.51. The number of nitrogens with zero attached hydrogens (tertiary/aromatic N) is 2. The van der Waals surface area contributed by atoms with Crippen LogP contribution in [-0.2, 0) is 16.0 Å². The number of halogens is 1. The number of hydrogen-bond donors (Lipinski definition) is 2. The average molecular weight is 485 g/mol. The lowest BCUT2D eigenvalue weighted by Gasteiger charge is -2.26. The van der Waals surface area contributed by atoms with Crippen LogP contribution < -0.4 is 15.4 Å². The van der Waals surface area contributed by atoms with Crippen LogP contribution in [0.25, 0.3) is 0 Å². The van der Waals surface area contributed by atoms with Crippen LogP contribution in [-0.4, -0.2) is 47.3 Å². The fourth-order valence-corrected chi connectivity index (χ4v) is 3.80. The van der Waals surface area contributed by atoms with Gasteiger partial charge in [-0.1, -0.05) is 12.1 Å². The van der Waals surface area contributed by atoms with Crippen molar-refractivity contribution in [3.63, 3.8) is 0 Å². The maximum Gasteiger partial charge on any atom is 0.254 e. The van der Waals surface area contributed by atoms with Gasteiger partial charge in [-0.15, -0.1) is 11.3 Å². The Morgan fingerprint density at radius 1 is 1.06 bits per heavy atom. The van der Waals surface area contributed by atoms with Gasteiger partial charge in [0.15, 0.2) is 5.13 Å². The Labute approximate surface area is 200 Å². The van der Waals surface area contributed by atoms with Crippen molar-refractivity contribution in [3.05, 3.63) is 71.0 Å². The van der Waals surface area contributed by atoms with Gasteiger partial charge in [-0.2, -0.15) is 0 Å². The van der Waals surface area contributed by atoms with E-state index in [2.05, 4.69) is 15.6 Å². The molecule has 0 atom stereocenters. The molecule has 3 amide bonds. The van der Waals surface area contributed by atoms with Crippen LogP contribution in [0, 0.1) is 5.82 Å². The van der Waals surface area contributed by atoms with Gasteiger partial charge in [-0.3, -0.25) is 14.4 Å². The second-order valence-electron chi connectivity index (χ2n) is 7.65. The van der Waals surface area contributed by atoms with Crippen LogP contribution in [0.1, 0.15) is 29.9 Å². The molecule has 0 aliphatic heterocycles. The number of aromatic nitrogens is 1. The number of carbonyl (C=O) groups is 3. The van der Waals surface area contributed by atoms with E-state index in [1.807, 2.05) is 13.8 Å². The molecule has 0 aliphatic carbocycles. The van der Waals surface area contributed by atoms with Crippen LogP contribution in [0.15, 0.2) is 53.9 Å². The lowest BCUT2D eigenvalue weighted by atomic mass is 10.1. The number of carbonyl (C=O) groups excluding carboxylic acids is 3. The van der Waals surface area contributed by atoms with E-state index in [0.29, 0.717) is 22.1 Å². The third-order valence-corrected chi connectivity index (χ3v) is 5.63. The summed E-state index contributed by atoms with van der Waals surface area (Å²) in [5, 5.41) is 7.10. The minimum atomic E-state index is -0.527. The van der Waals surface area contributed by atoms with E-state index < -0.39 is 17.6 Å². The Morgan fingerprint density at radius 3 is 2.41 bits per heavy atom. The van der Waals surface area contributed by atoms with Gasteiger partial charge in [0.05, 0.1) is 24.9 Å². The molecule has 10 heteroatoms. The average Bonchev–Trinajstić information content (AvgIpc) is 3.24. The molecule has 178 valence electrons. The lowest BCUT2D eigenvalue weighted by molar-refractivity contribution is -0.117. The van der Waals surface area contributed by atoms with Crippen LogP contribution >= 0.6 is 11.3 Å². The van der Waals surface area contributed by atoms with E-state index >= 15 is 0 Å². The number of amides is 3. The summed E-state index contributed by atoms with van der Waals surface area (Å²) in [4.78, 5) is 43.4. The summed E-state index contributed by atoms with van der Waals surface area (Å²) >= 11 is 1.16. The molecule has 0 saturated carbocycles. The lowest BCUT2D eigenvalue weighted by Crippen LogP contribution is -2.42. The van der Waals surface area contributed by atoms with Gasteiger partial charge in [-0.05, 0) is 50.2 Å².